The Kier molecular flexibility index (Phi) is 5.82. The molecule has 1 rings (SSSR count). The van der Waals surface area contributed by atoms with Gasteiger partial charge in [0.05, 0.1) is 5.60 Å². The maximum absolute atomic E-state index is 5.87. The zero-order valence-corrected chi connectivity index (χ0v) is 12.4. The maximum Gasteiger partial charge on any atom is 0.110 e. The molecule has 0 aliphatic rings. The van der Waals surface area contributed by atoms with Crippen molar-refractivity contribution >= 4 is 0 Å². The van der Waals surface area contributed by atoms with E-state index >= 15 is 0 Å². The Morgan fingerprint density at radius 3 is 2.67 bits per heavy atom. The fourth-order valence-electron chi connectivity index (χ4n) is 2.28. The SMILES string of the molecule is CCNC(Cc1nccn1CC)C(C)(C)OCC. The van der Waals surface area contributed by atoms with E-state index in [0.29, 0.717) is 0 Å². The molecular weight excluding hydrogens is 226 g/mol. The maximum atomic E-state index is 5.87. The summed E-state index contributed by atoms with van der Waals surface area (Å²) in [5.74, 6) is 1.12. The molecule has 1 aromatic heterocycles. The molecule has 0 aromatic carbocycles. The first-order valence-electron chi connectivity index (χ1n) is 6.92. The molecule has 0 amide bonds. The molecule has 0 aliphatic heterocycles. The van der Waals surface area contributed by atoms with Gasteiger partial charge in [-0.15, -0.1) is 0 Å². The van der Waals surface area contributed by atoms with Crippen molar-refractivity contribution in [2.45, 2.75) is 59.2 Å². The van der Waals surface area contributed by atoms with Gasteiger partial charge in [-0.2, -0.15) is 0 Å². The summed E-state index contributed by atoms with van der Waals surface area (Å²) in [6.07, 6.45) is 4.79. The van der Waals surface area contributed by atoms with E-state index in [4.69, 9.17) is 4.74 Å². The van der Waals surface area contributed by atoms with Gasteiger partial charge in [-0.25, -0.2) is 4.98 Å². The Morgan fingerprint density at radius 2 is 2.11 bits per heavy atom. The molecule has 0 aliphatic carbocycles. The van der Waals surface area contributed by atoms with Gasteiger partial charge in [-0.1, -0.05) is 6.92 Å². The highest BCUT2D eigenvalue weighted by Gasteiger charge is 2.30. The lowest BCUT2D eigenvalue weighted by atomic mass is 9.95. The van der Waals surface area contributed by atoms with Crippen molar-refractivity contribution in [1.82, 2.24) is 14.9 Å². The summed E-state index contributed by atoms with van der Waals surface area (Å²) < 4.78 is 8.05. The lowest BCUT2D eigenvalue weighted by molar-refractivity contribution is -0.0382. The number of imidazole rings is 1. The van der Waals surface area contributed by atoms with E-state index in [9.17, 15) is 0 Å². The molecule has 1 aromatic rings. The van der Waals surface area contributed by atoms with E-state index in [1.807, 2.05) is 19.3 Å². The van der Waals surface area contributed by atoms with Crippen molar-refractivity contribution < 1.29 is 4.74 Å². The van der Waals surface area contributed by atoms with Gasteiger partial charge in [0.1, 0.15) is 5.82 Å². The Labute approximate surface area is 111 Å². The van der Waals surface area contributed by atoms with E-state index in [2.05, 4.69) is 42.6 Å². The molecule has 1 N–H and O–H groups in total. The summed E-state index contributed by atoms with van der Waals surface area (Å²) in [6.45, 7) is 13.2. The molecule has 18 heavy (non-hydrogen) atoms. The summed E-state index contributed by atoms with van der Waals surface area (Å²) in [5, 5.41) is 3.52. The van der Waals surface area contributed by atoms with E-state index in [1.54, 1.807) is 0 Å². The molecule has 0 bridgehead atoms. The molecular formula is C14H27N3O. The van der Waals surface area contributed by atoms with Crippen LogP contribution in [0.25, 0.3) is 0 Å². The number of rotatable bonds is 8. The van der Waals surface area contributed by atoms with Crippen molar-refractivity contribution in [3.05, 3.63) is 18.2 Å². The van der Waals surface area contributed by atoms with E-state index in [1.165, 1.54) is 0 Å². The lowest BCUT2D eigenvalue weighted by Crippen LogP contribution is -2.50. The summed E-state index contributed by atoms with van der Waals surface area (Å²) in [6, 6.07) is 0.273. The van der Waals surface area contributed by atoms with Crippen LogP contribution in [-0.2, 0) is 17.7 Å². The summed E-state index contributed by atoms with van der Waals surface area (Å²) >= 11 is 0. The predicted octanol–water partition coefficient (Wildman–Crippen LogP) is 2.24. The first-order chi connectivity index (χ1) is 8.55. The fraction of sp³-hybridized carbons (Fsp3) is 0.786. The van der Waals surface area contributed by atoms with Crippen molar-refractivity contribution in [2.75, 3.05) is 13.2 Å². The minimum Gasteiger partial charge on any atom is -0.374 e. The smallest absolute Gasteiger partial charge is 0.110 e. The largest absolute Gasteiger partial charge is 0.374 e. The second kappa shape index (κ2) is 6.90. The van der Waals surface area contributed by atoms with Crippen LogP contribution in [0.5, 0.6) is 0 Å². The van der Waals surface area contributed by atoms with Gasteiger partial charge in [-0.05, 0) is 34.2 Å². The first kappa shape index (κ1) is 15.2. The van der Waals surface area contributed by atoms with Crippen molar-refractivity contribution in [3.63, 3.8) is 0 Å². The predicted molar refractivity (Wildman–Crippen MR) is 74.8 cm³/mol. The van der Waals surface area contributed by atoms with Crippen LogP contribution in [-0.4, -0.2) is 34.3 Å². The Morgan fingerprint density at radius 1 is 1.39 bits per heavy atom. The number of nitrogens with zero attached hydrogens (tertiary/aromatic N) is 2. The highest BCUT2D eigenvalue weighted by atomic mass is 16.5. The molecule has 1 unspecified atom stereocenters. The number of hydrogen-bond acceptors (Lipinski definition) is 3. The number of hydrogen-bond donors (Lipinski definition) is 1. The van der Waals surface area contributed by atoms with Crippen LogP contribution in [0.15, 0.2) is 12.4 Å². The zero-order chi connectivity index (χ0) is 13.6. The summed E-state index contributed by atoms with van der Waals surface area (Å²) in [7, 11) is 0. The molecule has 0 spiro atoms. The van der Waals surface area contributed by atoms with Gasteiger partial charge in [0.2, 0.25) is 0 Å². The van der Waals surface area contributed by atoms with Crippen LogP contribution >= 0.6 is 0 Å². The fourth-order valence-corrected chi connectivity index (χ4v) is 2.28. The quantitative estimate of drug-likeness (QED) is 0.772. The summed E-state index contributed by atoms with van der Waals surface area (Å²) in [4.78, 5) is 4.45. The molecule has 4 heteroatoms. The van der Waals surface area contributed by atoms with Crippen LogP contribution in [0.1, 0.15) is 40.4 Å². The van der Waals surface area contributed by atoms with Gasteiger partial charge < -0.3 is 14.6 Å². The zero-order valence-electron chi connectivity index (χ0n) is 12.4. The normalized spacial score (nSPS) is 13.8. The third kappa shape index (κ3) is 3.82. The second-order valence-electron chi connectivity index (χ2n) is 4.98. The summed E-state index contributed by atoms with van der Waals surface area (Å²) in [5.41, 5.74) is -0.185. The van der Waals surface area contributed by atoms with E-state index < -0.39 is 0 Å². The van der Waals surface area contributed by atoms with E-state index in [-0.39, 0.29) is 11.6 Å². The van der Waals surface area contributed by atoms with Gasteiger partial charge in [0, 0.05) is 38.0 Å². The standard InChI is InChI=1S/C14H27N3O/c1-6-15-12(14(4,5)18-8-3)11-13-16-9-10-17(13)7-2/h9-10,12,15H,6-8,11H2,1-5H3. The Bertz CT molecular complexity index is 347. The molecule has 104 valence electrons. The average molecular weight is 253 g/mol. The number of aromatic nitrogens is 2. The minimum absolute atomic E-state index is 0.185. The van der Waals surface area contributed by atoms with E-state index in [0.717, 1.165) is 31.9 Å². The number of aryl methyl sites for hydroxylation is 1. The minimum atomic E-state index is -0.185. The van der Waals surface area contributed by atoms with Gasteiger partial charge >= 0.3 is 0 Å². The Hall–Kier alpha value is -0.870. The van der Waals surface area contributed by atoms with Crippen molar-refractivity contribution in [2.24, 2.45) is 0 Å². The molecule has 0 saturated carbocycles. The molecule has 0 fully saturated rings. The van der Waals surface area contributed by atoms with Crippen LogP contribution < -0.4 is 5.32 Å². The molecule has 0 radical (unpaired) electrons. The van der Waals surface area contributed by atoms with Crippen LogP contribution in [0.4, 0.5) is 0 Å². The highest BCUT2D eigenvalue weighted by Crippen LogP contribution is 2.18. The van der Waals surface area contributed by atoms with Gasteiger partial charge in [-0.3, -0.25) is 0 Å². The topological polar surface area (TPSA) is 39.1 Å². The van der Waals surface area contributed by atoms with Gasteiger partial charge in [0.15, 0.2) is 0 Å². The average Bonchev–Trinajstić information content (AvgIpc) is 2.75. The highest BCUT2D eigenvalue weighted by molar-refractivity contribution is 4.99. The Balaban J connectivity index is 2.80. The number of nitrogens with one attached hydrogen (secondary N) is 1. The first-order valence-corrected chi connectivity index (χ1v) is 6.92. The third-order valence-corrected chi connectivity index (χ3v) is 3.34. The lowest BCUT2D eigenvalue weighted by Gasteiger charge is -2.34. The van der Waals surface area contributed by atoms with Crippen LogP contribution in [0.2, 0.25) is 0 Å². The van der Waals surface area contributed by atoms with Crippen LogP contribution in [0.3, 0.4) is 0 Å². The van der Waals surface area contributed by atoms with Gasteiger partial charge in [0.25, 0.3) is 0 Å². The van der Waals surface area contributed by atoms with Crippen molar-refractivity contribution in [1.29, 1.82) is 0 Å². The monoisotopic (exact) mass is 253 g/mol. The second-order valence-corrected chi connectivity index (χ2v) is 4.98. The molecule has 1 atom stereocenters. The number of likely N-dealkylation sites (N-methyl/N-ethyl adjacent to an activating group) is 1. The van der Waals surface area contributed by atoms with Crippen LogP contribution in [0, 0.1) is 0 Å². The number of ether oxygens (including phenoxy) is 1. The molecule has 0 saturated heterocycles. The molecule has 1 heterocycles. The third-order valence-electron chi connectivity index (χ3n) is 3.34. The molecule has 4 nitrogen and oxygen atoms in total. The van der Waals surface area contributed by atoms with Crippen molar-refractivity contribution in [3.8, 4) is 0 Å².